The van der Waals surface area contributed by atoms with E-state index >= 15 is 0 Å². The Morgan fingerprint density at radius 1 is 1.14 bits per heavy atom. The Morgan fingerprint density at radius 3 is 2.62 bits per heavy atom. The molecule has 0 spiro atoms. The van der Waals surface area contributed by atoms with Crippen LogP contribution in [-0.4, -0.2) is 46.9 Å². The van der Waals surface area contributed by atoms with Crippen LogP contribution in [0.5, 0.6) is 11.5 Å². The smallest absolute Gasteiger partial charge is 0.221 e. The van der Waals surface area contributed by atoms with Gasteiger partial charge >= 0.3 is 0 Å². The molecule has 0 heterocycles. The minimum absolute atomic E-state index is 0.0113. The average Bonchev–Trinajstić information content (AvgIpc) is 2.51. The van der Waals surface area contributed by atoms with Gasteiger partial charge in [-0.1, -0.05) is 0 Å². The maximum Gasteiger partial charge on any atom is 0.221 e. The van der Waals surface area contributed by atoms with Crippen LogP contribution in [0.15, 0.2) is 18.2 Å². The van der Waals surface area contributed by atoms with Gasteiger partial charge in [-0.05, 0) is 18.2 Å². The molecule has 0 bridgehead atoms. The van der Waals surface area contributed by atoms with Gasteiger partial charge in [-0.15, -0.1) is 0 Å². The summed E-state index contributed by atoms with van der Waals surface area (Å²) in [6.45, 7) is 2.28. The van der Waals surface area contributed by atoms with Crippen LogP contribution < -0.4 is 20.1 Å². The predicted octanol–water partition coefficient (Wildman–Crippen LogP) is 0.946. The quantitative estimate of drug-likeness (QED) is 0.629. The lowest BCUT2D eigenvalue weighted by molar-refractivity contribution is -0.121. The second-order valence-corrected chi connectivity index (χ2v) is 4.45. The summed E-state index contributed by atoms with van der Waals surface area (Å²) in [7, 11) is 4.87. The maximum atomic E-state index is 11.5. The van der Waals surface area contributed by atoms with Crippen LogP contribution in [0.1, 0.15) is 12.0 Å². The fourth-order valence-corrected chi connectivity index (χ4v) is 1.83. The summed E-state index contributed by atoms with van der Waals surface area (Å²) < 4.78 is 15.4. The fourth-order valence-electron chi connectivity index (χ4n) is 1.83. The lowest BCUT2D eigenvalue weighted by Crippen LogP contribution is -2.30. The van der Waals surface area contributed by atoms with Crippen LogP contribution in [0.4, 0.5) is 0 Å². The van der Waals surface area contributed by atoms with Gasteiger partial charge in [-0.2, -0.15) is 0 Å². The van der Waals surface area contributed by atoms with Crippen LogP contribution >= 0.6 is 0 Å². The van der Waals surface area contributed by atoms with E-state index in [9.17, 15) is 4.79 Å². The molecule has 1 rings (SSSR count). The SMILES string of the molecule is COCCNC(=O)CCNCc1cc(OC)ccc1OC. The summed E-state index contributed by atoms with van der Waals surface area (Å²) in [6, 6.07) is 5.64. The Kier molecular flexibility index (Phi) is 8.23. The molecule has 0 aliphatic rings. The number of hydrogen-bond donors (Lipinski definition) is 2. The van der Waals surface area contributed by atoms with Crippen molar-refractivity contribution in [3.63, 3.8) is 0 Å². The number of carbonyl (C=O) groups excluding carboxylic acids is 1. The number of methoxy groups -OCH3 is 3. The monoisotopic (exact) mass is 296 g/mol. The molecule has 6 heteroatoms. The van der Waals surface area contributed by atoms with Crippen molar-refractivity contribution >= 4 is 5.91 Å². The minimum atomic E-state index is 0.0113. The summed E-state index contributed by atoms with van der Waals surface area (Å²) >= 11 is 0. The molecule has 0 saturated heterocycles. The maximum absolute atomic E-state index is 11.5. The Bertz CT molecular complexity index is 438. The summed E-state index contributed by atoms with van der Waals surface area (Å²) in [5, 5.41) is 6.00. The van der Waals surface area contributed by atoms with E-state index in [2.05, 4.69) is 10.6 Å². The molecule has 0 saturated carbocycles. The Labute approximate surface area is 125 Å². The minimum Gasteiger partial charge on any atom is -0.497 e. The lowest BCUT2D eigenvalue weighted by atomic mass is 10.2. The zero-order valence-corrected chi connectivity index (χ0v) is 12.9. The molecule has 0 radical (unpaired) electrons. The molecule has 0 aromatic heterocycles. The molecule has 1 amide bonds. The lowest BCUT2D eigenvalue weighted by Gasteiger charge is -2.11. The second-order valence-electron chi connectivity index (χ2n) is 4.45. The molecule has 6 nitrogen and oxygen atoms in total. The second kappa shape index (κ2) is 10.0. The highest BCUT2D eigenvalue weighted by atomic mass is 16.5. The number of amides is 1. The van der Waals surface area contributed by atoms with Crippen molar-refractivity contribution in [3.05, 3.63) is 23.8 Å². The first-order valence-electron chi connectivity index (χ1n) is 6.88. The molecule has 1 aromatic rings. The van der Waals surface area contributed by atoms with E-state index in [0.717, 1.165) is 17.1 Å². The Balaban J connectivity index is 2.33. The third-order valence-corrected chi connectivity index (χ3v) is 2.96. The summed E-state index contributed by atoms with van der Waals surface area (Å²) in [6.07, 6.45) is 0.427. The predicted molar refractivity (Wildman–Crippen MR) is 80.8 cm³/mol. The first-order valence-corrected chi connectivity index (χ1v) is 6.88. The van der Waals surface area contributed by atoms with Crippen LogP contribution in [-0.2, 0) is 16.1 Å². The van der Waals surface area contributed by atoms with Crippen LogP contribution in [0, 0.1) is 0 Å². The molecule has 0 fully saturated rings. The fraction of sp³-hybridized carbons (Fsp3) is 0.533. The van der Waals surface area contributed by atoms with E-state index in [4.69, 9.17) is 14.2 Å². The highest BCUT2D eigenvalue weighted by molar-refractivity contribution is 5.76. The summed E-state index contributed by atoms with van der Waals surface area (Å²) in [5.74, 6) is 1.59. The highest BCUT2D eigenvalue weighted by Crippen LogP contribution is 2.23. The van der Waals surface area contributed by atoms with Gasteiger partial charge in [0.1, 0.15) is 11.5 Å². The van der Waals surface area contributed by atoms with Crippen LogP contribution in [0.2, 0.25) is 0 Å². The largest absolute Gasteiger partial charge is 0.497 e. The molecular formula is C15H24N2O4. The molecule has 1 aromatic carbocycles. The molecular weight excluding hydrogens is 272 g/mol. The molecule has 21 heavy (non-hydrogen) atoms. The van der Waals surface area contributed by atoms with E-state index < -0.39 is 0 Å². The average molecular weight is 296 g/mol. The van der Waals surface area contributed by atoms with Gasteiger partial charge in [0, 0.05) is 38.7 Å². The van der Waals surface area contributed by atoms with Crippen molar-refractivity contribution in [2.24, 2.45) is 0 Å². The van der Waals surface area contributed by atoms with Gasteiger partial charge in [-0.3, -0.25) is 4.79 Å². The van der Waals surface area contributed by atoms with E-state index in [-0.39, 0.29) is 5.91 Å². The third kappa shape index (κ3) is 6.46. The van der Waals surface area contributed by atoms with Crippen molar-refractivity contribution in [1.82, 2.24) is 10.6 Å². The van der Waals surface area contributed by atoms with Crippen molar-refractivity contribution in [2.75, 3.05) is 41.0 Å². The van der Waals surface area contributed by atoms with Gasteiger partial charge in [0.25, 0.3) is 0 Å². The number of carbonyl (C=O) groups is 1. The Morgan fingerprint density at radius 2 is 1.95 bits per heavy atom. The molecule has 0 aliphatic heterocycles. The normalized spacial score (nSPS) is 10.2. The van der Waals surface area contributed by atoms with E-state index in [0.29, 0.717) is 32.7 Å². The van der Waals surface area contributed by atoms with Crippen molar-refractivity contribution in [1.29, 1.82) is 0 Å². The molecule has 2 N–H and O–H groups in total. The van der Waals surface area contributed by atoms with Gasteiger partial charge in [0.2, 0.25) is 5.91 Å². The number of rotatable bonds is 10. The topological polar surface area (TPSA) is 68.8 Å². The first-order chi connectivity index (χ1) is 10.2. The zero-order chi connectivity index (χ0) is 15.5. The summed E-state index contributed by atoms with van der Waals surface area (Å²) in [5.41, 5.74) is 0.997. The standard InChI is InChI=1S/C15H24N2O4/c1-19-9-8-17-15(18)6-7-16-11-12-10-13(20-2)4-5-14(12)21-3/h4-5,10,16H,6-9,11H2,1-3H3,(H,17,18). The molecule has 0 aliphatic carbocycles. The first kappa shape index (κ1) is 17.3. The van der Waals surface area contributed by atoms with E-state index in [1.54, 1.807) is 21.3 Å². The van der Waals surface area contributed by atoms with Crippen molar-refractivity contribution in [2.45, 2.75) is 13.0 Å². The van der Waals surface area contributed by atoms with Crippen LogP contribution in [0.3, 0.4) is 0 Å². The van der Waals surface area contributed by atoms with E-state index in [1.807, 2.05) is 18.2 Å². The molecule has 0 unspecified atom stereocenters. The molecule has 118 valence electrons. The van der Waals surface area contributed by atoms with Gasteiger partial charge < -0.3 is 24.8 Å². The number of benzene rings is 1. The van der Waals surface area contributed by atoms with Crippen LogP contribution in [0.25, 0.3) is 0 Å². The van der Waals surface area contributed by atoms with Crippen molar-refractivity contribution in [3.8, 4) is 11.5 Å². The number of nitrogens with one attached hydrogen (secondary N) is 2. The van der Waals surface area contributed by atoms with E-state index in [1.165, 1.54) is 0 Å². The molecule has 0 atom stereocenters. The van der Waals surface area contributed by atoms with Gasteiger partial charge in [0.05, 0.1) is 20.8 Å². The zero-order valence-electron chi connectivity index (χ0n) is 12.9. The van der Waals surface area contributed by atoms with Crippen molar-refractivity contribution < 1.29 is 19.0 Å². The van der Waals surface area contributed by atoms with Gasteiger partial charge in [0.15, 0.2) is 0 Å². The third-order valence-electron chi connectivity index (χ3n) is 2.96. The number of ether oxygens (including phenoxy) is 3. The summed E-state index contributed by atoms with van der Waals surface area (Å²) in [4.78, 5) is 11.5. The Hall–Kier alpha value is -1.79. The number of hydrogen-bond acceptors (Lipinski definition) is 5. The van der Waals surface area contributed by atoms with Gasteiger partial charge in [-0.25, -0.2) is 0 Å². The highest BCUT2D eigenvalue weighted by Gasteiger charge is 2.05.